The number of nitrogens with zero attached hydrogens (tertiary/aromatic N) is 1. The van der Waals surface area contributed by atoms with Gasteiger partial charge in [-0.2, -0.15) is 0 Å². The van der Waals surface area contributed by atoms with Crippen LogP contribution in [0.1, 0.15) is 21.7 Å². The number of ether oxygens (including phenoxy) is 1. The molecule has 1 atom stereocenters. The molecule has 0 saturated carbocycles. The van der Waals surface area contributed by atoms with Gasteiger partial charge in [0.25, 0.3) is 0 Å². The largest absolute Gasteiger partial charge is 0.463 e. The maximum Gasteiger partial charge on any atom is 0.374 e. The molecule has 2 aromatic rings. The van der Waals surface area contributed by atoms with Gasteiger partial charge >= 0.3 is 5.97 Å². The Morgan fingerprint density at radius 1 is 1.43 bits per heavy atom. The fraction of sp³-hybridized carbons (Fsp3) is 0.312. The summed E-state index contributed by atoms with van der Waals surface area (Å²) >= 11 is 0. The molecule has 0 radical (unpaired) electrons. The molecule has 1 aromatic heterocycles. The number of fused-ring (bicyclic) bond motifs is 1. The van der Waals surface area contributed by atoms with Crippen LogP contribution in [-0.4, -0.2) is 25.7 Å². The molecule has 0 amide bonds. The second-order valence-corrected chi connectivity index (χ2v) is 5.24. The highest BCUT2D eigenvalue weighted by molar-refractivity contribution is 5.88. The van der Waals surface area contributed by atoms with Crippen LogP contribution in [0.15, 0.2) is 41.0 Å². The van der Waals surface area contributed by atoms with Crippen LogP contribution in [0.3, 0.4) is 0 Å². The van der Waals surface area contributed by atoms with Crippen LogP contribution in [0.5, 0.6) is 0 Å². The molecule has 1 aliphatic heterocycles. The van der Waals surface area contributed by atoms with Crippen molar-refractivity contribution in [2.24, 2.45) is 5.73 Å². The first-order valence-electron chi connectivity index (χ1n) is 6.92. The number of carbonyl (C=O) groups excluding carboxylic acids is 1. The van der Waals surface area contributed by atoms with Crippen LogP contribution in [0.25, 0.3) is 0 Å². The lowest BCUT2D eigenvalue weighted by Crippen LogP contribution is -2.43. The molecule has 21 heavy (non-hydrogen) atoms. The van der Waals surface area contributed by atoms with Gasteiger partial charge < -0.3 is 19.8 Å². The molecule has 2 heterocycles. The monoisotopic (exact) mass is 286 g/mol. The van der Waals surface area contributed by atoms with E-state index in [1.54, 1.807) is 6.07 Å². The summed E-state index contributed by atoms with van der Waals surface area (Å²) in [5.41, 5.74) is 9.35. The summed E-state index contributed by atoms with van der Waals surface area (Å²) in [7, 11) is 1.35. The molecule has 0 fully saturated rings. The SMILES string of the molecule is COC(=O)c1occc1CN1CC(N)Cc2ccccc21. The molecule has 5 nitrogen and oxygen atoms in total. The molecule has 0 aliphatic carbocycles. The first-order valence-corrected chi connectivity index (χ1v) is 6.92. The lowest BCUT2D eigenvalue weighted by Gasteiger charge is -2.34. The van der Waals surface area contributed by atoms with Crippen molar-refractivity contribution in [1.29, 1.82) is 0 Å². The van der Waals surface area contributed by atoms with Gasteiger partial charge in [-0.05, 0) is 24.1 Å². The number of nitrogens with two attached hydrogens (primary N) is 1. The zero-order valence-electron chi connectivity index (χ0n) is 11.9. The fourth-order valence-electron chi connectivity index (χ4n) is 2.81. The number of hydrogen-bond acceptors (Lipinski definition) is 5. The number of esters is 1. The summed E-state index contributed by atoms with van der Waals surface area (Å²) in [6, 6.07) is 10.1. The number of benzene rings is 1. The van der Waals surface area contributed by atoms with Gasteiger partial charge in [0.2, 0.25) is 5.76 Å². The number of carbonyl (C=O) groups is 1. The van der Waals surface area contributed by atoms with Crippen LogP contribution in [-0.2, 0) is 17.7 Å². The number of anilines is 1. The van der Waals surface area contributed by atoms with Crippen molar-refractivity contribution in [2.75, 3.05) is 18.6 Å². The van der Waals surface area contributed by atoms with Crippen LogP contribution >= 0.6 is 0 Å². The van der Waals surface area contributed by atoms with E-state index in [0.29, 0.717) is 6.54 Å². The van der Waals surface area contributed by atoms with Crippen molar-refractivity contribution >= 4 is 11.7 Å². The molecule has 2 N–H and O–H groups in total. The van der Waals surface area contributed by atoms with Gasteiger partial charge in [0.15, 0.2) is 0 Å². The minimum Gasteiger partial charge on any atom is -0.463 e. The number of furan rings is 1. The van der Waals surface area contributed by atoms with Crippen LogP contribution in [0, 0.1) is 0 Å². The zero-order valence-corrected chi connectivity index (χ0v) is 11.9. The summed E-state index contributed by atoms with van der Waals surface area (Å²) in [5.74, 6) is -0.196. The van der Waals surface area contributed by atoms with Gasteiger partial charge in [-0.15, -0.1) is 0 Å². The maximum absolute atomic E-state index is 11.7. The van der Waals surface area contributed by atoms with Crippen molar-refractivity contribution in [1.82, 2.24) is 0 Å². The standard InChI is InChI=1S/C16H18N2O3/c1-20-16(19)15-12(6-7-21-15)9-18-10-13(17)8-11-4-2-3-5-14(11)18/h2-7,13H,8-10,17H2,1H3. The Labute approximate surface area is 123 Å². The predicted molar refractivity (Wildman–Crippen MR) is 79.2 cm³/mol. The molecule has 5 heteroatoms. The highest BCUT2D eigenvalue weighted by Crippen LogP contribution is 2.28. The maximum atomic E-state index is 11.7. The lowest BCUT2D eigenvalue weighted by atomic mass is 9.98. The molecule has 1 aliphatic rings. The average molecular weight is 286 g/mol. The number of para-hydroxylation sites is 1. The molecular formula is C16H18N2O3. The number of rotatable bonds is 3. The minimum absolute atomic E-state index is 0.0911. The topological polar surface area (TPSA) is 68.7 Å². The van der Waals surface area contributed by atoms with Crippen molar-refractivity contribution in [3.8, 4) is 0 Å². The molecule has 0 saturated heterocycles. The van der Waals surface area contributed by atoms with E-state index in [2.05, 4.69) is 17.0 Å². The quantitative estimate of drug-likeness (QED) is 0.873. The minimum atomic E-state index is -0.454. The Hall–Kier alpha value is -2.27. The number of methoxy groups -OCH3 is 1. The molecule has 110 valence electrons. The zero-order chi connectivity index (χ0) is 14.8. The molecule has 1 unspecified atom stereocenters. The normalized spacial score (nSPS) is 17.4. The van der Waals surface area contributed by atoms with E-state index in [-0.39, 0.29) is 11.8 Å². The summed E-state index contributed by atoms with van der Waals surface area (Å²) < 4.78 is 9.98. The second kappa shape index (κ2) is 5.61. The Bertz CT molecular complexity index is 650. The second-order valence-electron chi connectivity index (χ2n) is 5.24. The van der Waals surface area contributed by atoms with Crippen LogP contribution < -0.4 is 10.6 Å². The van der Waals surface area contributed by atoms with E-state index in [4.69, 9.17) is 14.9 Å². The Kier molecular flexibility index (Phi) is 3.66. The summed E-state index contributed by atoms with van der Waals surface area (Å²) in [6.45, 7) is 1.33. The van der Waals surface area contributed by atoms with E-state index in [0.717, 1.165) is 24.2 Å². The van der Waals surface area contributed by atoms with Crippen molar-refractivity contribution in [3.63, 3.8) is 0 Å². The summed E-state index contributed by atoms with van der Waals surface area (Å²) in [6.07, 6.45) is 2.39. The third-order valence-corrected chi connectivity index (χ3v) is 3.75. The Balaban J connectivity index is 1.89. The lowest BCUT2D eigenvalue weighted by molar-refractivity contribution is 0.0563. The molecule has 0 bridgehead atoms. The molecule has 0 spiro atoms. The van der Waals surface area contributed by atoms with E-state index in [1.165, 1.54) is 18.9 Å². The van der Waals surface area contributed by atoms with E-state index in [9.17, 15) is 4.79 Å². The third-order valence-electron chi connectivity index (χ3n) is 3.75. The highest BCUT2D eigenvalue weighted by Gasteiger charge is 2.24. The highest BCUT2D eigenvalue weighted by atomic mass is 16.5. The van der Waals surface area contributed by atoms with Gasteiger partial charge in [0.1, 0.15) is 0 Å². The Morgan fingerprint density at radius 3 is 3.05 bits per heavy atom. The molecule has 1 aromatic carbocycles. The van der Waals surface area contributed by atoms with Gasteiger partial charge in [-0.3, -0.25) is 0 Å². The predicted octanol–water partition coefficient (Wildman–Crippen LogP) is 1.96. The molecular weight excluding hydrogens is 268 g/mol. The molecule has 3 rings (SSSR count). The van der Waals surface area contributed by atoms with Gasteiger partial charge in [0.05, 0.1) is 13.4 Å². The third kappa shape index (κ3) is 2.64. The van der Waals surface area contributed by atoms with Crippen LogP contribution in [0.4, 0.5) is 5.69 Å². The van der Waals surface area contributed by atoms with E-state index in [1.807, 2.05) is 12.1 Å². The first kappa shape index (κ1) is 13.7. The van der Waals surface area contributed by atoms with Gasteiger partial charge in [0, 0.05) is 30.4 Å². The summed E-state index contributed by atoms with van der Waals surface area (Å²) in [5, 5.41) is 0. The van der Waals surface area contributed by atoms with E-state index < -0.39 is 5.97 Å². The van der Waals surface area contributed by atoms with E-state index >= 15 is 0 Å². The van der Waals surface area contributed by atoms with Crippen LogP contribution in [0.2, 0.25) is 0 Å². The van der Waals surface area contributed by atoms with Crippen molar-refractivity contribution in [2.45, 2.75) is 19.0 Å². The summed E-state index contributed by atoms with van der Waals surface area (Å²) in [4.78, 5) is 13.9. The van der Waals surface area contributed by atoms with Gasteiger partial charge in [-0.25, -0.2) is 4.79 Å². The Morgan fingerprint density at radius 2 is 2.24 bits per heavy atom. The number of hydrogen-bond donors (Lipinski definition) is 1. The fourth-order valence-corrected chi connectivity index (χ4v) is 2.81. The van der Waals surface area contributed by atoms with Crippen molar-refractivity contribution < 1.29 is 13.9 Å². The van der Waals surface area contributed by atoms with Crippen molar-refractivity contribution in [3.05, 3.63) is 53.5 Å². The first-order chi connectivity index (χ1) is 10.2. The van der Waals surface area contributed by atoms with Gasteiger partial charge in [-0.1, -0.05) is 18.2 Å². The average Bonchev–Trinajstić information content (AvgIpc) is 2.94. The smallest absolute Gasteiger partial charge is 0.374 e.